The van der Waals surface area contributed by atoms with Crippen LogP contribution in [0.25, 0.3) is 0 Å². The van der Waals surface area contributed by atoms with Crippen LogP contribution in [0.5, 0.6) is 0 Å². The molecule has 0 aliphatic carbocycles. The van der Waals surface area contributed by atoms with Crippen LogP contribution >= 0.6 is 0 Å². The summed E-state index contributed by atoms with van der Waals surface area (Å²) in [4.78, 5) is 6.46. The zero-order chi connectivity index (χ0) is 12.3. The van der Waals surface area contributed by atoms with Gasteiger partial charge in [0, 0.05) is 36.7 Å². The van der Waals surface area contributed by atoms with Gasteiger partial charge >= 0.3 is 0 Å². The highest BCUT2D eigenvalue weighted by Crippen LogP contribution is 2.35. The largest absolute Gasteiger partial charge is 0.398 e. The van der Waals surface area contributed by atoms with Gasteiger partial charge in [-0.15, -0.1) is 0 Å². The van der Waals surface area contributed by atoms with E-state index in [1.165, 1.54) is 0 Å². The molecule has 2 rings (SSSR count). The summed E-state index contributed by atoms with van der Waals surface area (Å²) in [5.74, 6) is 0. The summed E-state index contributed by atoms with van der Waals surface area (Å²) in [5.41, 5.74) is 6.56. The van der Waals surface area contributed by atoms with E-state index in [1.54, 1.807) is 18.5 Å². The van der Waals surface area contributed by atoms with Crippen LogP contribution in [0.1, 0.15) is 31.7 Å². The highest BCUT2D eigenvalue weighted by molar-refractivity contribution is 5.47. The number of hydrogen-bond acceptors (Lipinski definition) is 4. The van der Waals surface area contributed by atoms with Gasteiger partial charge < -0.3 is 15.7 Å². The van der Waals surface area contributed by atoms with Crippen LogP contribution in [-0.4, -0.2) is 34.6 Å². The van der Waals surface area contributed by atoms with E-state index in [0.717, 1.165) is 44.5 Å². The molecule has 1 fully saturated rings. The number of piperidine rings is 1. The Hall–Kier alpha value is -1.13. The Kier molecular flexibility index (Phi) is 3.64. The van der Waals surface area contributed by atoms with Gasteiger partial charge in [-0.05, 0) is 31.9 Å². The highest BCUT2D eigenvalue weighted by Gasteiger charge is 2.35. The quantitative estimate of drug-likeness (QED) is 0.830. The number of nitrogen functional groups attached to an aromatic ring is 1. The normalized spacial score (nSPS) is 20.4. The van der Waals surface area contributed by atoms with Crippen LogP contribution in [0.15, 0.2) is 18.5 Å². The van der Waals surface area contributed by atoms with E-state index >= 15 is 0 Å². The van der Waals surface area contributed by atoms with Gasteiger partial charge in [-0.25, -0.2) is 0 Å². The Morgan fingerprint density at radius 1 is 1.47 bits per heavy atom. The predicted molar refractivity (Wildman–Crippen MR) is 68.5 cm³/mol. The van der Waals surface area contributed by atoms with Crippen molar-refractivity contribution in [1.82, 2.24) is 9.88 Å². The Bertz CT molecular complexity index is 373. The molecule has 1 aromatic rings. The Morgan fingerprint density at radius 3 is 2.76 bits per heavy atom. The molecule has 0 unspecified atom stereocenters. The average molecular weight is 235 g/mol. The highest BCUT2D eigenvalue weighted by atomic mass is 16.3. The lowest BCUT2D eigenvalue weighted by molar-refractivity contribution is -0.0254. The lowest BCUT2D eigenvalue weighted by atomic mass is 9.84. The summed E-state index contributed by atoms with van der Waals surface area (Å²) >= 11 is 0. The first kappa shape index (κ1) is 12.3. The number of rotatable bonds is 3. The number of pyridine rings is 1. The molecule has 1 saturated heterocycles. The number of hydrogen-bond donors (Lipinski definition) is 2. The van der Waals surface area contributed by atoms with Gasteiger partial charge in [0.15, 0.2) is 0 Å². The molecule has 17 heavy (non-hydrogen) atoms. The van der Waals surface area contributed by atoms with Crippen molar-refractivity contribution in [3.63, 3.8) is 0 Å². The predicted octanol–water partition coefficient (Wildman–Crippen LogP) is 1.36. The van der Waals surface area contributed by atoms with Crippen LogP contribution in [0.4, 0.5) is 5.69 Å². The van der Waals surface area contributed by atoms with E-state index in [9.17, 15) is 5.11 Å². The number of aromatic nitrogens is 1. The maximum atomic E-state index is 10.7. The first-order valence-electron chi connectivity index (χ1n) is 6.30. The topological polar surface area (TPSA) is 62.4 Å². The molecule has 3 N–H and O–H groups in total. The molecule has 2 heterocycles. The van der Waals surface area contributed by atoms with E-state index in [1.807, 2.05) is 0 Å². The Labute approximate surface area is 102 Å². The minimum atomic E-state index is -0.789. The number of aliphatic hydroxyl groups is 1. The average Bonchev–Trinajstić information content (AvgIpc) is 2.33. The standard InChI is InChI=1S/C13H21N3O/c1-2-7-16-8-4-13(17,5-9-16)11-10-15-6-3-12(11)14/h3,6,10,17H,2,4-5,7-9H2,1H3,(H2,14,15). The maximum Gasteiger partial charge on any atom is 0.0955 e. The first-order valence-corrected chi connectivity index (χ1v) is 6.30. The second kappa shape index (κ2) is 5.02. The number of anilines is 1. The zero-order valence-electron chi connectivity index (χ0n) is 10.4. The van der Waals surface area contributed by atoms with E-state index in [-0.39, 0.29) is 0 Å². The first-order chi connectivity index (χ1) is 8.15. The molecule has 0 aromatic carbocycles. The van der Waals surface area contributed by atoms with Gasteiger partial charge in [0.1, 0.15) is 0 Å². The summed E-state index contributed by atoms with van der Waals surface area (Å²) in [6, 6.07) is 1.76. The van der Waals surface area contributed by atoms with Crippen LogP contribution in [0.3, 0.4) is 0 Å². The third-order valence-electron chi connectivity index (χ3n) is 3.58. The fraction of sp³-hybridized carbons (Fsp3) is 0.615. The van der Waals surface area contributed by atoms with Crippen molar-refractivity contribution < 1.29 is 5.11 Å². The smallest absolute Gasteiger partial charge is 0.0955 e. The monoisotopic (exact) mass is 235 g/mol. The molecule has 0 radical (unpaired) electrons. The van der Waals surface area contributed by atoms with Crippen molar-refractivity contribution in [1.29, 1.82) is 0 Å². The van der Waals surface area contributed by atoms with Crippen LogP contribution < -0.4 is 5.73 Å². The molecule has 0 atom stereocenters. The maximum absolute atomic E-state index is 10.7. The van der Waals surface area contributed by atoms with Crippen molar-refractivity contribution in [3.05, 3.63) is 24.0 Å². The van der Waals surface area contributed by atoms with Crippen LogP contribution in [0.2, 0.25) is 0 Å². The third kappa shape index (κ3) is 2.58. The van der Waals surface area contributed by atoms with Gasteiger partial charge in [0.2, 0.25) is 0 Å². The SMILES string of the molecule is CCCN1CCC(O)(c2cnccc2N)CC1. The van der Waals surface area contributed by atoms with E-state index < -0.39 is 5.60 Å². The van der Waals surface area contributed by atoms with Crippen molar-refractivity contribution >= 4 is 5.69 Å². The van der Waals surface area contributed by atoms with E-state index in [0.29, 0.717) is 5.69 Å². The fourth-order valence-corrected chi connectivity index (χ4v) is 2.53. The second-order valence-corrected chi connectivity index (χ2v) is 4.84. The molecule has 4 nitrogen and oxygen atoms in total. The molecule has 1 aliphatic rings. The van der Waals surface area contributed by atoms with Crippen LogP contribution in [0, 0.1) is 0 Å². The molecule has 1 aromatic heterocycles. The molecule has 4 heteroatoms. The number of likely N-dealkylation sites (tertiary alicyclic amines) is 1. The Morgan fingerprint density at radius 2 is 2.18 bits per heavy atom. The third-order valence-corrected chi connectivity index (χ3v) is 3.58. The molecule has 94 valence electrons. The van der Waals surface area contributed by atoms with Gasteiger partial charge in [-0.1, -0.05) is 6.92 Å². The van der Waals surface area contributed by atoms with Crippen molar-refractivity contribution in [2.24, 2.45) is 0 Å². The van der Waals surface area contributed by atoms with Gasteiger partial charge in [-0.3, -0.25) is 4.98 Å². The second-order valence-electron chi connectivity index (χ2n) is 4.84. The fourth-order valence-electron chi connectivity index (χ4n) is 2.53. The van der Waals surface area contributed by atoms with Crippen LogP contribution in [-0.2, 0) is 5.60 Å². The van der Waals surface area contributed by atoms with Gasteiger partial charge in [-0.2, -0.15) is 0 Å². The van der Waals surface area contributed by atoms with Crippen molar-refractivity contribution in [3.8, 4) is 0 Å². The summed E-state index contributed by atoms with van der Waals surface area (Å²) in [6.07, 6.45) is 6.00. The minimum Gasteiger partial charge on any atom is -0.398 e. The summed E-state index contributed by atoms with van der Waals surface area (Å²) in [5, 5.41) is 10.7. The Balaban J connectivity index is 2.10. The number of nitrogens with two attached hydrogens (primary N) is 1. The molecule has 1 aliphatic heterocycles. The van der Waals surface area contributed by atoms with Gasteiger partial charge in [0.05, 0.1) is 5.60 Å². The van der Waals surface area contributed by atoms with Crippen molar-refractivity contribution in [2.75, 3.05) is 25.4 Å². The zero-order valence-corrected chi connectivity index (χ0v) is 10.4. The lowest BCUT2D eigenvalue weighted by Gasteiger charge is -2.38. The van der Waals surface area contributed by atoms with E-state index in [4.69, 9.17) is 5.73 Å². The summed E-state index contributed by atoms with van der Waals surface area (Å²) < 4.78 is 0. The molecule has 0 spiro atoms. The molecule has 0 amide bonds. The summed E-state index contributed by atoms with van der Waals surface area (Å²) in [6.45, 7) is 5.15. The molecular formula is C13H21N3O. The summed E-state index contributed by atoms with van der Waals surface area (Å²) in [7, 11) is 0. The lowest BCUT2D eigenvalue weighted by Crippen LogP contribution is -2.43. The van der Waals surface area contributed by atoms with Gasteiger partial charge in [0.25, 0.3) is 0 Å². The molecular weight excluding hydrogens is 214 g/mol. The molecule has 0 bridgehead atoms. The molecule has 0 saturated carbocycles. The number of nitrogens with zero attached hydrogens (tertiary/aromatic N) is 2. The van der Waals surface area contributed by atoms with E-state index in [2.05, 4.69) is 16.8 Å². The minimum absolute atomic E-state index is 0.645. The van der Waals surface area contributed by atoms with Crippen molar-refractivity contribution in [2.45, 2.75) is 31.8 Å².